The topological polar surface area (TPSA) is 0 Å². The second kappa shape index (κ2) is 5.79. The Kier molecular flexibility index (Phi) is 5.81. The lowest BCUT2D eigenvalue weighted by Gasteiger charge is -2.01. The van der Waals surface area contributed by atoms with Crippen LogP contribution in [0.3, 0.4) is 0 Å². The van der Waals surface area contributed by atoms with Gasteiger partial charge in [0.2, 0.25) is 0 Å². The third kappa shape index (κ3) is 6.15. The van der Waals surface area contributed by atoms with Crippen LogP contribution in [-0.4, -0.2) is 5.38 Å². The van der Waals surface area contributed by atoms with Gasteiger partial charge in [-0.05, 0) is 26.7 Å². The standard InChI is InChI=1S/C9H17Cl/c1-4-5-6-8(2)7-9(3)10/h6,9H,4-5,7H2,1-3H3/b8-6+. The zero-order valence-corrected chi connectivity index (χ0v) is 7.91. The first-order valence-electron chi connectivity index (χ1n) is 3.96. The Morgan fingerprint density at radius 3 is 2.60 bits per heavy atom. The molecule has 0 aromatic heterocycles. The van der Waals surface area contributed by atoms with Crippen molar-refractivity contribution in [3.63, 3.8) is 0 Å². The van der Waals surface area contributed by atoms with Gasteiger partial charge in [0.05, 0.1) is 0 Å². The fraction of sp³-hybridized carbons (Fsp3) is 0.778. The van der Waals surface area contributed by atoms with Gasteiger partial charge >= 0.3 is 0 Å². The van der Waals surface area contributed by atoms with E-state index in [9.17, 15) is 0 Å². The minimum absolute atomic E-state index is 0.285. The van der Waals surface area contributed by atoms with Crippen molar-refractivity contribution in [3.8, 4) is 0 Å². The predicted octanol–water partition coefficient (Wildman–Crippen LogP) is 3.75. The maximum atomic E-state index is 5.81. The summed E-state index contributed by atoms with van der Waals surface area (Å²) in [7, 11) is 0. The Morgan fingerprint density at radius 1 is 1.60 bits per heavy atom. The van der Waals surface area contributed by atoms with Crippen molar-refractivity contribution in [2.75, 3.05) is 0 Å². The molecule has 0 rings (SSSR count). The van der Waals surface area contributed by atoms with Crippen LogP contribution in [0, 0.1) is 0 Å². The summed E-state index contributed by atoms with van der Waals surface area (Å²) in [5, 5.41) is 0.285. The van der Waals surface area contributed by atoms with Gasteiger partial charge in [0.1, 0.15) is 0 Å². The number of hydrogen-bond donors (Lipinski definition) is 0. The molecule has 0 amide bonds. The van der Waals surface area contributed by atoms with Crippen molar-refractivity contribution in [2.45, 2.75) is 45.4 Å². The van der Waals surface area contributed by atoms with Crippen LogP contribution < -0.4 is 0 Å². The molecule has 0 aromatic rings. The van der Waals surface area contributed by atoms with Crippen molar-refractivity contribution in [3.05, 3.63) is 11.6 Å². The van der Waals surface area contributed by atoms with Gasteiger partial charge in [-0.25, -0.2) is 0 Å². The van der Waals surface area contributed by atoms with Crippen LogP contribution >= 0.6 is 11.6 Å². The summed E-state index contributed by atoms with van der Waals surface area (Å²) in [5.41, 5.74) is 1.42. The Hall–Kier alpha value is 0.0300. The van der Waals surface area contributed by atoms with Crippen molar-refractivity contribution < 1.29 is 0 Å². The molecule has 0 aliphatic heterocycles. The Labute approximate surface area is 69.3 Å². The predicted molar refractivity (Wildman–Crippen MR) is 48.6 cm³/mol. The second-order valence-electron chi connectivity index (χ2n) is 2.82. The maximum absolute atomic E-state index is 5.81. The molecule has 0 bridgehead atoms. The summed E-state index contributed by atoms with van der Waals surface area (Å²) < 4.78 is 0. The van der Waals surface area contributed by atoms with E-state index >= 15 is 0 Å². The first-order chi connectivity index (χ1) is 4.66. The number of allylic oxidation sites excluding steroid dienone is 2. The van der Waals surface area contributed by atoms with E-state index < -0.39 is 0 Å². The average Bonchev–Trinajstić information content (AvgIpc) is 1.82. The zero-order valence-electron chi connectivity index (χ0n) is 7.15. The lowest BCUT2D eigenvalue weighted by Crippen LogP contribution is -1.90. The van der Waals surface area contributed by atoms with E-state index in [1.165, 1.54) is 18.4 Å². The molecular weight excluding hydrogens is 144 g/mol. The summed E-state index contributed by atoms with van der Waals surface area (Å²) in [6.45, 7) is 6.37. The van der Waals surface area contributed by atoms with Crippen molar-refractivity contribution in [1.29, 1.82) is 0 Å². The summed E-state index contributed by atoms with van der Waals surface area (Å²) >= 11 is 5.81. The number of rotatable bonds is 4. The number of halogens is 1. The van der Waals surface area contributed by atoms with Crippen LogP contribution in [0.2, 0.25) is 0 Å². The monoisotopic (exact) mass is 160 g/mol. The largest absolute Gasteiger partial charge is 0.123 e. The van der Waals surface area contributed by atoms with E-state index in [1.54, 1.807) is 0 Å². The molecule has 0 saturated heterocycles. The Morgan fingerprint density at radius 2 is 2.20 bits per heavy atom. The quantitative estimate of drug-likeness (QED) is 0.434. The van der Waals surface area contributed by atoms with E-state index in [4.69, 9.17) is 11.6 Å². The summed E-state index contributed by atoms with van der Waals surface area (Å²) in [6.07, 6.45) is 5.73. The van der Waals surface area contributed by atoms with Gasteiger partial charge < -0.3 is 0 Å². The highest BCUT2D eigenvalue weighted by molar-refractivity contribution is 6.20. The van der Waals surface area contributed by atoms with Crippen molar-refractivity contribution in [1.82, 2.24) is 0 Å². The van der Waals surface area contributed by atoms with Crippen LogP contribution in [0.4, 0.5) is 0 Å². The minimum atomic E-state index is 0.285. The summed E-state index contributed by atoms with van der Waals surface area (Å²) in [6, 6.07) is 0. The highest BCUT2D eigenvalue weighted by Gasteiger charge is 1.95. The van der Waals surface area contributed by atoms with E-state index in [2.05, 4.69) is 19.9 Å². The summed E-state index contributed by atoms with van der Waals surface area (Å²) in [4.78, 5) is 0. The first-order valence-corrected chi connectivity index (χ1v) is 4.40. The molecule has 60 valence electrons. The molecule has 0 spiro atoms. The SMILES string of the molecule is CCC/C=C(\C)CC(C)Cl. The molecule has 0 fully saturated rings. The van der Waals surface area contributed by atoms with Gasteiger partial charge in [-0.2, -0.15) is 0 Å². The molecule has 0 nitrogen and oxygen atoms in total. The molecule has 0 N–H and O–H groups in total. The van der Waals surface area contributed by atoms with E-state index in [-0.39, 0.29) is 5.38 Å². The molecule has 0 radical (unpaired) electrons. The lowest BCUT2D eigenvalue weighted by atomic mass is 10.1. The van der Waals surface area contributed by atoms with E-state index in [1.807, 2.05) is 6.92 Å². The van der Waals surface area contributed by atoms with Gasteiger partial charge in [0.25, 0.3) is 0 Å². The fourth-order valence-electron chi connectivity index (χ4n) is 0.918. The maximum Gasteiger partial charge on any atom is 0.0344 e. The van der Waals surface area contributed by atoms with Crippen LogP contribution in [0.25, 0.3) is 0 Å². The summed E-state index contributed by atoms with van der Waals surface area (Å²) in [5.74, 6) is 0. The molecule has 10 heavy (non-hydrogen) atoms. The third-order valence-electron chi connectivity index (χ3n) is 1.38. The molecule has 0 aliphatic carbocycles. The average molecular weight is 161 g/mol. The van der Waals surface area contributed by atoms with Gasteiger partial charge in [0.15, 0.2) is 0 Å². The molecule has 0 heterocycles. The van der Waals surface area contributed by atoms with Gasteiger partial charge in [-0.1, -0.05) is 25.0 Å². The molecule has 0 aliphatic rings. The van der Waals surface area contributed by atoms with E-state index in [0.29, 0.717) is 0 Å². The van der Waals surface area contributed by atoms with Crippen LogP contribution in [-0.2, 0) is 0 Å². The highest BCUT2D eigenvalue weighted by atomic mass is 35.5. The van der Waals surface area contributed by atoms with Gasteiger partial charge in [0, 0.05) is 5.38 Å². The highest BCUT2D eigenvalue weighted by Crippen LogP contribution is 2.10. The normalized spacial score (nSPS) is 15.4. The Balaban J connectivity index is 3.49. The van der Waals surface area contributed by atoms with Crippen LogP contribution in [0.15, 0.2) is 11.6 Å². The molecular formula is C9H17Cl. The second-order valence-corrected chi connectivity index (χ2v) is 3.57. The molecule has 0 aromatic carbocycles. The Bertz CT molecular complexity index is 103. The van der Waals surface area contributed by atoms with Gasteiger partial charge in [-0.15, -0.1) is 11.6 Å². The zero-order chi connectivity index (χ0) is 7.98. The smallest absolute Gasteiger partial charge is 0.0344 e. The number of unbranched alkanes of at least 4 members (excludes halogenated alkanes) is 1. The molecule has 1 unspecified atom stereocenters. The van der Waals surface area contributed by atoms with Crippen molar-refractivity contribution in [2.24, 2.45) is 0 Å². The van der Waals surface area contributed by atoms with Gasteiger partial charge in [-0.3, -0.25) is 0 Å². The minimum Gasteiger partial charge on any atom is -0.123 e. The molecule has 1 atom stereocenters. The third-order valence-corrected chi connectivity index (χ3v) is 1.54. The van der Waals surface area contributed by atoms with Crippen LogP contribution in [0.1, 0.15) is 40.0 Å². The fourth-order valence-corrected chi connectivity index (χ4v) is 1.16. The lowest BCUT2D eigenvalue weighted by molar-refractivity contribution is 0.882. The molecule has 0 saturated carbocycles. The van der Waals surface area contributed by atoms with Crippen LogP contribution in [0.5, 0.6) is 0 Å². The molecule has 1 heteroatoms. The number of hydrogen-bond acceptors (Lipinski definition) is 0. The van der Waals surface area contributed by atoms with E-state index in [0.717, 1.165) is 6.42 Å². The van der Waals surface area contributed by atoms with Crippen molar-refractivity contribution >= 4 is 11.6 Å². The number of alkyl halides is 1. The first kappa shape index (κ1) is 10.0.